The molecule has 1 heterocycles. The minimum atomic E-state index is -0.249. The smallest absolute Gasteiger partial charge is 0.306 e. The first kappa shape index (κ1) is 22.8. The molecular weight excluding hydrogens is 442 g/mol. The molecule has 3 aromatic carbocycles. The Bertz CT molecular complexity index is 1350. The number of phenolic OH excluding ortho intramolecular Hbond substituents is 1. The van der Waals surface area contributed by atoms with Crippen molar-refractivity contribution in [3.8, 4) is 34.4 Å². The van der Waals surface area contributed by atoms with Gasteiger partial charge in [-0.3, -0.25) is 4.79 Å². The van der Waals surface area contributed by atoms with Crippen molar-refractivity contribution in [3.63, 3.8) is 0 Å². The number of carbonyl (C=O) groups is 1. The van der Waals surface area contributed by atoms with Gasteiger partial charge in [0, 0.05) is 23.1 Å². The van der Waals surface area contributed by atoms with Crippen molar-refractivity contribution < 1.29 is 24.1 Å². The van der Waals surface area contributed by atoms with E-state index in [1.165, 1.54) is 7.11 Å². The van der Waals surface area contributed by atoms with E-state index in [-0.39, 0.29) is 23.7 Å². The van der Waals surface area contributed by atoms with Crippen LogP contribution in [0, 0.1) is 25.2 Å². The highest BCUT2D eigenvalue weighted by Crippen LogP contribution is 2.45. The second kappa shape index (κ2) is 8.99. The fourth-order valence-corrected chi connectivity index (χ4v) is 5.45. The Morgan fingerprint density at radius 2 is 1.86 bits per heavy atom. The standard InChI is InChI=1S/C29H27NO5/c1-16-10-20(31)11-17(2)28(16)29-18(14-30)4-6-23-24(29)8-9-25(23)35-21-5-7-22-19(12-27(32)33-3)15-34-26(22)13-21/h4-7,10-11,13,19,25,31H,8-9,12,15H2,1-3H3/t19-,25-/m1/s1. The number of hydrogen-bond donors (Lipinski definition) is 1. The fraction of sp³-hybridized carbons (Fsp3) is 0.310. The van der Waals surface area contributed by atoms with Crippen LogP contribution in [0.4, 0.5) is 0 Å². The third kappa shape index (κ3) is 4.08. The highest BCUT2D eigenvalue weighted by molar-refractivity contribution is 5.81. The molecule has 178 valence electrons. The molecule has 1 N–H and O–H groups in total. The number of rotatable bonds is 5. The van der Waals surface area contributed by atoms with Crippen molar-refractivity contribution in [2.75, 3.05) is 13.7 Å². The summed E-state index contributed by atoms with van der Waals surface area (Å²) in [4.78, 5) is 11.7. The third-order valence-electron chi connectivity index (χ3n) is 7.02. The van der Waals surface area contributed by atoms with Crippen molar-refractivity contribution in [1.82, 2.24) is 0 Å². The van der Waals surface area contributed by atoms with Crippen LogP contribution in [0.2, 0.25) is 0 Å². The lowest BCUT2D eigenvalue weighted by Gasteiger charge is -2.19. The summed E-state index contributed by atoms with van der Waals surface area (Å²) < 4.78 is 17.0. The van der Waals surface area contributed by atoms with Crippen LogP contribution in [0.1, 0.15) is 58.2 Å². The highest BCUT2D eigenvalue weighted by atomic mass is 16.5. The first-order valence-electron chi connectivity index (χ1n) is 11.8. The van der Waals surface area contributed by atoms with Gasteiger partial charge in [0.15, 0.2) is 0 Å². The number of esters is 1. The maximum Gasteiger partial charge on any atom is 0.306 e. The van der Waals surface area contributed by atoms with E-state index in [4.69, 9.17) is 14.2 Å². The molecular formula is C29H27NO5. The number of aromatic hydroxyl groups is 1. The van der Waals surface area contributed by atoms with Crippen molar-refractivity contribution in [2.24, 2.45) is 0 Å². The van der Waals surface area contributed by atoms with Crippen molar-refractivity contribution >= 4 is 5.97 Å². The summed E-state index contributed by atoms with van der Waals surface area (Å²) in [6, 6.07) is 15.5. The van der Waals surface area contributed by atoms with Crippen LogP contribution < -0.4 is 9.47 Å². The van der Waals surface area contributed by atoms with Crippen molar-refractivity contribution in [3.05, 3.63) is 75.8 Å². The van der Waals surface area contributed by atoms with Gasteiger partial charge in [0.2, 0.25) is 0 Å². The molecule has 0 unspecified atom stereocenters. The van der Waals surface area contributed by atoms with Crippen LogP contribution >= 0.6 is 0 Å². The number of fused-ring (bicyclic) bond motifs is 2. The summed E-state index contributed by atoms with van der Waals surface area (Å²) in [6.07, 6.45) is 1.75. The van der Waals surface area contributed by atoms with Crippen LogP contribution in [0.25, 0.3) is 11.1 Å². The van der Waals surface area contributed by atoms with Gasteiger partial charge < -0.3 is 19.3 Å². The Labute approximate surface area is 204 Å². The molecule has 6 heteroatoms. The summed E-state index contributed by atoms with van der Waals surface area (Å²) in [5.74, 6) is 1.42. The molecule has 0 saturated heterocycles. The molecule has 3 aromatic rings. The summed E-state index contributed by atoms with van der Waals surface area (Å²) in [5, 5.41) is 19.9. The summed E-state index contributed by atoms with van der Waals surface area (Å²) in [6.45, 7) is 4.37. The second-order valence-electron chi connectivity index (χ2n) is 9.26. The third-order valence-corrected chi connectivity index (χ3v) is 7.02. The summed E-state index contributed by atoms with van der Waals surface area (Å²) in [5.41, 5.74) is 7.64. The maximum absolute atomic E-state index is 11.7. The van der Waals surface area contributed by atoms with E-state index in [1.54, 1.807) is 12.1 Å². The number of aryl methyl sites for hydroxylation is 2. The van der Waals surface area contributed by atoms with Gasteiger partial charge in [-0.25, -0.2) is 0 Å². The molecule has 1 aliphatic carbocycles. The summed E-state index contributed by atoms with van der Waals surface area (Å²) in [7, 11) is 1.39. The fourth-order valence-electron chi connectivity index (χ4n) is 5.45. The van der Waals surface area contributed by atoms with Gasteiger partial charge in [-0.1, -0.05) is 12.1 Å². The van der Waals surface area contributed by atoms with E-state index in [0.717, 1.165) is 57.5 Å². The normalized spacial score (nSPS) is 17.8. The predicted molar refractivity (Wildman–Crippen MR) is 131 cm³/mol. The molecule has 6 nitrogen and oxygen atoms in total. The number of ether oxygens (including phenoxy) is 3. The molecule has 0 radical (unpaired) electrons. The molecule has 0 spiro atoms. The Kier molecular flexibility index (Phi) is 5.86. The Hall–Kier alpha value is -3.98. The summed E-state index contributed by atoms with van der Waals surface area (Å²) >= 11 is 0. The Morgan fingerprint density at radius 1 is 1.11 bits per heavy atom. The molecule has 2 aliphatic rings. The van der Waals surface area contributed by atoms with Crippen molar-refractivity contribution in [1.29, 1.82) is 5.26 Å². The number of nitriles is 1. The second-order valence-corrected chi connectivity index (χ2v) is 9.26. The largest absolute Gasteiger partial charge is 0.508 e. The molecule has 0 aromatic heterocycles. The molecule has 0 amide bonds. The number of methoxy groups -OCH3 is 1. The SMILES string of the molecule is COC(=O)C[C@@H]1COc2cc(O[C@@H]3CCc4c3ccc(C#N)c4-c3c(C)cc(O)cc3C)ccc21. The van der Waals surface area contributed by atoms with E-state index >= 15 is 0 Å². The van der Waals surface area contributed by atoms with Crippen LogP contribution in [0.15, 0.2) is 42.5 Å². The number of phenols is 1. The van der Waals surface area contributed by atoms with Gasteiger partial charge in [0.1, 0.15) is 23.4 Å². The predicted octanol–water partition coefficient (Wildman–Crippen LogP) is 5.65. The van der Waals surface area contributed by atoms with E-state index < -0.39 is 0 Å². The lowest BCUT2D eigenvalue weighted by Crippen LogP contribution is -2.09. The zero-order chi connectivity index (χ0) is 24.7. The van der Waals surface area contributed by atoms with Crippen LogP contribution in [0.5, 0.6) is 17.2 Å². The van der Waals surface area contributed by atoms with Gasteiger partial charge in [0.25, 0.3) is 0 Å². The molecule has 0 bridgehead atoms. The Balaban J connectivity index is 1.46. The molecule has 2 atom stereocenters. The number of nitrogens with zero attached hydrogens (tertiary/aromatic N) is 1. The first-order chi connectivity index (χ1) is 16.9. The average Bonchev–Trinajstić information content (AvgIpc) is 3.42. The molecule has 0 fully saturated rings. The van der Waals surface area contributed by atoms with Crippen LogP contribution in [-0.4, -0.2) is 24.8 Å². The quantitative estimate of drug-likeness (QED) is 0.486. The first-order valence-corrected chi connectivity index (χ1v) is 11.8. The number of carbonyl (C=O) groups excluding carboxylic acids is 1. The van der Waals surface area contributed by atoms with E-state index in [0.29, 0.717) is 24.3 Å². The molecule has 35 heavy (non-hydrogen) atoms. The van der Waals surface area contributed by atoms with Crippen LogP contribution in [0.3, 0.4) is 0 Å². The molecule has 0 saturated carbocycles. The minimum Gasteiger partial charge on any atom is -0.508 e. The topological polar surface area (TPSA) is 88.8 Å². The van der Waals surface area contributed by atoms with Crippen molar-refractivity contribution in [2.45, 2.75) is 45.1 Å². The number of benzene rings is 3. The average molecular weight is 470 g/mol. The monoisotopic (exact) mass is 469 g/mol. The lowest BCUT2D eigenvalue weighted by atomic mass is 9.87. The van der Waals surface area contributed by atoms with Gasteiger partial charge >= 0.3 is 5.97 Å². The zero-order valence-electron chi connectivity index (χ0n) is 20.1. The van der Waals surface area contributed by atoms with Crippen LogP contribution in [-0.2, 0) is 16.0 Å². The molecule has 5 rings (SSSR count). The lowest BCUT2D eigenvalue weighted by molar-refractivity contribution is -0.141. The molecule has 1 aliphatic heterocycles. The zero-order valence-corrected chi connectivity index (χ0v) is 20.1. The maximum atomic E-state index is 11.7. The number of hydrogen-bond acceptors (Lipinski definition) is 6. The van der Waals surface area contributed by atoms with Gasteiger partial charge in [0.05, 0.1) is 31.8 Å². The van der Waals surface area contributed by atoms with E-state index in [2.05, 4.69) is 6.07 Å². The minimum absolute atomic E-state index is 0.0116. The Morgan fingerprint density at radius 3 is 2.57 bits per heavy atom. The van der Waals surface area contributed by atoms with E-state index in [1.807, 2.05) is 44.2 Å². The van der Waals surface area contributed by atoms with E-state index in [9.17, 15) is 15.2 Å². The highest BCUT2D eigenvalue weighted by Gasteiger charge is 2.31. The van der Waals surface area contributed by atoms with Gasteiger partial charge in [-0.15, -0.1) is 0 Å². The van der Waals surface area contributed by atoms with Gasteiger partial charge in [-0.05, 0) is 78.8 Å². The van der Waals surface area contributed by atoms with Gasteiger partial charge in [-0.2, -0.15) is 5.26 Å².